The number of carbonyl (C=O) groups excluding carboxylic acids is 2. The van der Waals surface area contributed by atoms with Crippen LogP contribution in [0.5, 0.6) is 5.75 Å². The standard InChI is InChI=1S/C18H26N2O4/c1-18(2,3)24-17(22)20-10-9-15(12-20)23-14-8-6-7-13(11-14)16(21)19(4)5/h6-8,11,15H,9-10,12H2,1-5H3. The predicted molar refractivity (Wildman–Crippen MR) is 91.3 cm³/mol. The molecule has 0 aromatic heterocycles. The number of likely N-dealkylation sites (tertiary alicyclic amines) is 1. The van der Waals surface area contributed by atoms with Gasteiger partial charge in [0.25, 0.3) is 5.91 Å². The molecule has 2 rings (SSSR count). The predicted octanol–water partition coefficient (Wildman–Crippen LogP) is 2.78. The maximum absolute atomic E-state index is 12.1. The smallest absolute Gasteiger partial charge is 0.410 e. The van der Waals surface area contributed by atoms with Crippen molar-refractivity contribution < 1.29 is 19.1 Å². The van der Waals surface area contributed by atoms with E-state index in [2.05, 4.69) is 0 Å². The molecule has 0 bridgehead atoms. The van der Waals surface area contributed by atoms with Crippen LogP contribution < -0.4 is 4.74 Å². The van der Waals surface area contributed by atoms with Crippen molar-refractivity contribution in [2.45, 2.75) is 38.9 Å². The quantitative estimate of drug-likeness (QED) is 0.853. The lowest BCUT2D eigenvalue weighted by atomic mass is 10.2. The molecule has 1 heterocycles. The minimum atomic E-state index is -0.503. The largest absolute Gasteiger partial charge is 0.488 e. The molecule has 1 aliphatic rings. The topological polar surface area (TPSA) is 59.1 Å². The Bertz CT molecular complexity index is 607. The van der Waals surface area contributed by atoms with Gasteiger partial charge in [0.1, 0.15) is 17.5 Å². The zero-order valence-corrected chi connectivity index (χ0v) is 15.0. The van der Waals surface area contributed by atoms with E-state index in [0.717, 1.165) is 6.42 Å². The molecule has 24 heavy (non-hydrogen) atoms. The van der Waals surface area contributed by atoms with Crippen LogP contribution in [0.15, 0.2) is 24.3 Å². The third kappa shape index (κ3) is 4.88. The number of carbonyl (C=O) groups is 2. The van der Waals surface area contributed by atoms with Crippen LogP contribution in [0.1, 0.15) is 37.6 Å². The van der Waals surface area contributed by atoms with Crippen molar-refractivity contribution in [3.05, 3.63) is 29.8 Å². The van der Waals surface area contributed by atoms with Crippen molar-refractivity contribution in [2.75, 3.05) is 27.2 Å². The first-order valence-corrected chi connectivity index (χ1v) is 8.12. The van der Waals surface area contributed by atoms with Crippen LogP contribution in [-0.4, -0.2) is 60.7 Å². The zero-order chi connectivity index (χ0) is 17.9. The van der Waals surface area contributed by atoms with E-state index >= 15 is 0 Å². The number of hydrogen-bond donors (Lipinski definition) is 0. The maximum Gasteiger partial charge on any atom is 0.410 e. The van der Waals surface area contributed by atoms with Gasteiger partial charge in [0, 0.05) is 32.6 Å². The lowest BCUT2D eigenvalue weighted by molar-refractivity contribution is 0.0275. The number of benzene rings is 1. The second-order valence-electron chi connectivity index (χ2n) is 7.18. The summed E-state index contributed by atoms with van der Waals surface area (Å²) in [5.74, 6) is 0.570. The molecule has 6 nitrogen and oxygen atoms in total. The molecular formula is C18H26N2O4. The Morgan fingerprint density at radius 2 is 1.96 bits per heavy atom. The average molecular weight is 334 g/mol. The molecule has 132 valence electrons. The highest BCUT2D eigenvalue weighted by atomic mass is 16.6. The summed E-state index contributed by atoms with van der Waals surface area (Å²) < 4.78 is 11.3. The number of rotatable bonds is 3. The molecule has 6 heteroatoms. The second kappa shape index (κ2) is 7.11. The third-order valence-electron chi connectivity index (χ3n) is 3.59. The van der Waals surface area contributed by atoms with Crippen LogP contribution in [0.3, 0.4) is 0 Å². The van der Waals surface area contributed by atoms with Gasteiger partial charge in [-0.2, -0.15) is 0 Å². The van der Waals surface area contributed by atoms with Gasteiger partial charge in [-0.1, -0.05) is 6.07 Å². The number of ether oxygens (including phenoxy) is 2. The number of amides is 2. The second-order valence-corrected chi connectivity index (χ2v) is 7.18. The fourth-order valence-electron chi connectivity index (χ4n) is 2.47. The molecule has 1 aliphatic heterocycles. The van der Waals surface area contributed by atoms with Crippen molar-refractivity contribution in [2.24, 2.45) is 0 Å². The van der Waals surface area contributed by atoms with Gasteiger partial charge in [-0.3, -0.25) is 4.79 Å². The highest BCUT2D eigenvalue weighted by molar-refractivity contribution is 5.94. The van der Waals surface area contributed by atoms with Crippen LogP contribution in [0, 0.1) is 0 Å². The maximum atomic E-state index is 12.1. The van der Waals surface area contributed by atoms with Crippen molar-refractivity contribution in [3.8, 4) is 5.75 Å². The molecule has 2 amide bonds. The van der Waals surface area contributed by atoms with E-state index in [4.69, 9.17) is 9.47 Å². The third-order valence-corrected chi connectivity index (χ3v) is 3.59. The molecule has 1 aromatic rings. The fraction of sp³-hybridized carbons (Fsp3) is 0.556. The molecule has 0 N–H and O–H groups in total. The molecule has 0 spiro atoms. The Balaban J connectivity index is 1.95. The molecule has 1 unspecified atom stereocenters. The monoisotopic (exact) mass is 334 g/mol. The Hall–Kier alpha value is -2.24. The lowest BCUT2D eigenvalue weighted by Gasteiger charge is -2.24. The van der Waals surface area contributed by atoms with Gasteiger partial charge in [-0.15, -0.1) is 0 Å². The molecule has 1 fully saturated rings. The highest BCUT2D eigenvalue weighted by Crippen LogP contribution is 2.21. The zero-order valence-electron chi connectivity index (χ0n) is 15.0. The Morgan fingerprint density at radius 1 is 1.25 bits per heavy atom. The summed E-state index contributed by atoms with van der Waals surface area (Å²) >= 11 is 0. The molecule has 1 saturated heterocycles. The minimum absolute atomic E-state index is 0.0674. The van der Waals surface area contributed by atoms with Crippen molar-refractivity contribution in [1.29, 1.82) is 0 Å². The summed E-state index contributed by atoms with van der Waals surface area (Å²) in [5, 5.41) is 0. The summed E-state index contributed by atoms with van der Waals surface area (Å²) in [7, 11) is 3.43. The van der Waals surface area contributed by atoms with Crippen LogP contribution in [0.2, 0.25) is 0 Å². The van der Waals surface area contributed by atoms with Gasteiger partial charge < -0.3 is 19.3 Å². The molecule has 1 atom stereocenters. The van der Waals surface area contributed by atoms with Gasteiger partial charge in [0.15, 0.2) is 0 Å². The van der Waals surface area contributed by atoms with Crippen molar-refractivity contribution in [3.63, 3.8) is 0 Å². The summed E-state index contributed by atoms with van der Waals surface area (Å²) in [6.45, 7) is 6.64. The lowest BCUT2D eigenvalue weighted by Crippen LogP contribution is -2.36. The molecule has 0 saturated carbocycles. The molecule has 0 aliphatic carbocycles. The van der Waals surface area contributed by atoms with E-state index in [0.29, 0.717) is 24.4 Å². The van der Waals surface area contributed by atoms with Crippen molar-refractivity contribution in [1.82, 2.24) is 9.80 Å². The van der Waals surface area contributed by atoms with E-state index in [1.54, 1.807) is 37.2 Å². The SMILES string of the molecule is CN(C)C(=O)c1cccc(OC2CCN(C(=O)OC(C)(C)C)C2)c1. The van der Waals surface area contributed by atoms with Crippen molar-refractivity contribution >= 4 is 12.0 Å². The number of nitrogens with zero attached hydrogens (tertiary/aromatic N) is 2. The average Bonchev–Trinajstić information content (AvgIpc) is 2.93. The van der Waals surface area contributed by atoms with Crippen LogP contribution in [0.4, 0.5) is 4.79 Å². The molecule has 1 aromatic carbocycles. The molecule has 0 radical (unpaired) electrons. The normalized spacial score (nSPS) is 17.5. The summed E-state index contributed by atoms with van der Waals surface area (Å²) in [6, 6.07) is 7.12. The highest BCUT2D eigenvalue weighted by Gasteiger charge is 2.30. The van der Waals surface area contributed by atoms with Gasteiger partial charge in [0.2, 0.25) is 0 Å². The summed E-state index contributed by atoms with van der Waals surface area (Å²) in [5.41, 5.74) is 0.0798. The van der Waals surface area contributed by atoms with E-state index in [1.807, 2.05) is 26.8 Å². The fourth-order valence-corrected chi connectivity index (χ4v) is 2.47. The Kier molecular flexibility index (Phi) is 5.36. The number of hydrogen-bond acceptors (Lipinski definition) is 4. The Labute approximate surface area is 143 Å². The minimum Gasteiger partial charge on any atom is -0.488 e. The first-order valence-electron chi connectivity index (χ1n) is 8.12. The molecular weight excluding hydrogens is 308 g/mol. The van der Waals surface area contributed by atoms with Gasteiger partial charge in [-0.25, -0.2) is 4.79 Å². The van der Waals surface area contributed by atoms with Crippen LogP contribution >= 0.6 is 0 Å². The van der Waals surface area contributed by atoms with E-state index in [1.165, 1.54) is 4.90 Å². The first-order chi connectivity index (χ1) is 11.2. The summed E-state index contributed by atoms with van der Waals surface area (Å²) in [4.78, 5) is 27.3. The first kappa shape index (κ1) is 18.1. The van der Waals surface area contributed by atoms with E-state index < -0.39 is 5.60 Å². The van der Waals surface area contributed by atoms with Gasteiger partial charge >= 0.3 is 6.09 Å². The van der Waals surface area contributed by atoms with Gasteiger partial charge in [-0.05, 0) is 39.0 Å². The van der Waals surface area contributed by atoms with E-state index in [-0.39, 0.29) is 18.1 Å². The van der Waals surface area contributed by atoms with Crippen LogP contribution in [0.25, 0.3) is 0 Å². The summed E-state index contributed by atoms with van der Waals surface area (Å²) in [6.07, 6.45) is 0.331. The van der Waals surface area contributed by atoms with Gasteiger partial charge in [0.05, 0.1) is 6.54 Å². The Morgan fingerprint density at radius 3 is 2.58 bits per heavy atom. The van der Waals surface area contributed by atoms with Crippen LogP contribution in [-0.2, 0) is 4.74 Å². The van der Waals surface area contributed by atoms with E-state index in [9.17, 15) is 9.59 Å².